The van der Waals surface area contributed by atoms with E-state index in [0.717, 1.165) is 22.4 Å². The number of rotatable bonds is 5. The van der Waals surface area contributed by atoms with Gasteiger partial charge in [0.05, 0.1) is 25.4 Å². The van der Waals surface area contributed by atoms with Gasteiger partial charge in [-0.1, -0.05) is 35.9 Å². The third-order valence-corrected chi connectivity index (χ3v) is 4.81. The van der Waals surface area contributed by atoms with Crippen LogP contribution < -0.4 is 4.74 Å². The molecule has 1 heterocycles. The van der Waals surface area contributed by atoms with Gasteiger partial charge in [0.15, 0.2) is 0 Å². The van der Waals surface area contributed by atoms with E-state index in [-0.39, 0.29) is 12.7 Å². The molecule has 0 radical (unpaired) electrons. The Morgan fingerprint density at radius 3 is 2.56 bits per heavy atom. The molecule has 134 valence electrons. The van der Waals surface area contributed by atoms with Gasteiger partial charge in [-0.3, -0.25) is 0 Å². The molecule has 2 aromatic carbocycles. The first-order valence-corrected chi connectivity index (χ1v) is 8.92. The van der Waals surface area contributed by atoms with Gasteiger partial charge in [-0.2, -0.15) is 0 Å². The Bertz CT molecular complexity index is 701. The van der Waals surface area contributed by atoms with Crippen molar-refractivity contribution in [3.63, 3.8) is 0 Å². The minimum absolute atomic E-state index is 0.142. The van der Waals surface area contributed by atoms with Gasteiger partial charge in [0.25, 0.3) is 0 Å². The number of benzene rings is 2. The average molecular weight is 363 g/mol. The Labute approximate surface area is 153 Å². The smallest absolute Gasteiger partial charge is 0.119 e. The molecule has 3 atom stereocenters. The van der Waals surface area contributed by atoms with Crippen molar-refractivity contribution in [3.05, 3.63) is 64.2 Å². The highest BCUT2D eigenvalue weighted by Crippen LogP contribution is 2.31. The van der Waals surface area contributed by atoms with E-state index in [9.17, 15) is 10.2 Å². The van der Waals surface area contributed by atoms with Gasteiger partial charge in [-0.05, 0) is 48.2 Å². The number of hydrogen-bond acceptors (Lipinski definition) is 4. The van der Waals surface area contributed by atoms with Crippen LogP contribution in [0.3, 0.4) is 0 Å². The molecular formula is C20H23ClO4. The van der Waals surface area contributed by atoms with Crippen molar-refractivity contribution in [2.24, 2.45) is 0 Å². The standard InChI is InChI=1S/C20H23ClO4/c1-2-24-16-6-3-13(4-7-16)9-15-10-14(5-8-17(15)21)20-11-18(22)19(23)12-25-20/h3-8,10,18-20,22-23H,2,9,11-12H2,1H3/t18-,19-,20-/m1/s1. The molecule has 1 aliphatic heterocycles. The first-order chi connectivity index (χ1) is 12.1. The van der Waals surface area contributed by atoms with Crippen LogP contribution in [0.1, 0.15) is 36.1 Å². The lowest BCUT2D eigenvalue weighted by atomic mass is 9.95. The van der Waals surface area contributed by atoms with Crippen LogP contribution in [0.5, 0.6) is 5.75 Å². The summed E-state index contributed by atoms with van der Waals surface area (Å²) in [5.74, 6) is 0.856. The van der Waals surface area contributed by atoms with Gasteiger partial charge in [-0.25, -0.2) is 0 Å². The fraction of sp³-hybridized carbons (Fsp3) is 0.400. The molecular weight excluding hydrogens is 340 g/mol. The van der Waals surface area contributed by atoms with Crippen molar-refractivity contribution in [3.8, 4) is 5.75 Å². The summed E-state index contributed by atoms with van der Waals surface area (Å²) in [6, 6.07) is 13.8. The van der Waals surface area contributed by atoms with Gasteiger partial charge < -0.3 is 19.7 Å². The third-order valence-electron chi connectivity index (χ3n) is 4.44. The summed E-state index contributed by atoms with van der Waals surface area (Å²) in [4.78, 5) is 0. The van der Waals surface area contributed by atoms with E-state index in [2.05, 4.69) is 0 Å². The fourth-order valence-electron chi connectivity index (χ4n) is 3.02. The molecule has 2 N–H and O–H groups in total. The van der Waals surface area contributed by atoms with Crippen LogP contribution in [0.4, 0.5) is 0 Å². The quantitative estimate of drug-likeness (QED) is 0.854. The SMILES string of the molecule is CCOc1ccc(Cc2cc([C@H]3C[C@@H](O)[C@H](O)CO3)ccc2Cl)cc1. The van der Waals surface area contributed by atoms with Gasteiger partial charge in [-0.15, -0.1) is 0 Å². The zero-order valence-electron chi connectivity index (χ0n) is 14.2. The van der Waals surface area contributed by atoms with Crippen molar-refractivity contribution < 1.29 is 19.7 Å². The molecule has 1 saturated heterocycles. The maximum Gasteiger partial charge on any atom is 0.119 e. The molecule has 3 rings (SSSR count). The Kier molecular flexibility index (Phi) is 5.97. The number of halogens is 1. The summed E-state index contributed by atoms with van der Waals surface area (Å²) < 4.78 is 11.1. The van der Waals surface area contributed by atoms with E-state index < -0.39 is 12.2 Å². The van der Waals surface area contributed by atoms with E-state index in [0.29, 0.717) is 24.5 Å². The minimum atomic E-state index is -0.813. The van der Waals surface area contributed by atoms with Crippen LogP contribution in [0.2, 0.25) is 5.02 Å². The second kappa shape index (κ2) is 8.19. The number of hydrogen-bond donors (Lipinski definition) is 2. The van der Waals surface area contributed by atoms with Crippen LogP contribution in [-0.4, -0.2) is 35.6 Å². The van der Waals surface area contributed by atoms with E-state index in [1.54, 1.807) is 0 Å². The van der Waals surface area contributed by atoms with Gasteiger partial charge >= 0.3 is 0 Å². The lowest BCUT2D eigenvalue weighted by molar-refractivity contribution is -0.122. The van der Waals surface area contributed by atoms with E-state index in [1.807, 2.05) is 49.4 Å². The highest BCUT2D eigenvalue weighted by molar-refractivity contribution is 6.31. The molecule has 1 fully saturated rings. The summed E-state index contributed by atoms with van der Waals surface area (Å²) in [7, 11) is 0. The van der Waals surface area contributed by atoms with Gasteiger partial charge in [0.1, 0.15) is 11.9 Å². The topological polar surface area (TPSA) is 58.9 Å². The molecule has 5 heteroatoms. The number of ether oxygens (including phenoxy) is 2. The summed E-state index contributed by atoms with van der Waals surface area (Å²) >= 11 is 6.36. The summed E-state index contributed by atoms with van der Waals surface area (Å²) in [5.41, 5.74) is 3.12. The van der Waals surface area contributed by atoms with Gasteiger partial charge in [0.2, 0.25) is 0 Å². The average Bonchev–Trinajstić information content (AvgIpc) is 2.61. The second-order valence-corrected chi connectivity index (χ2v) is 6.70. The normalized spacial score (nSPS) is 23.4. The third kappa shape index (κ3) is 4.53. The molecule has 4 nitrogen and oxygen atoms in total. The molecule has 2 aromatic rings. The lowest BCUT2D eigenvalue weighted by Crippen LogP contribution is -2.37. The minimum Gasteiger partial charge on any atom is -0.494 e. The molecule has 25 heavy (non-hydrogen) atoms. The molecule has 0 aliphatic carbocycles. The number of aliphatic hydroxyl groups is 2. The molecule has 1 aliphatic rings. The molecule has 0 aromatic heterocycles. The second-order valence-electron chi connectivity index (χ2n) is 6.30. The largest absolute Gasteiger partial charge is 0.494 e. The van der Waals surface area contributed by atoms with Crippen molar-refractivity contribution in [2.45, 2.75) is 38.1 Å². The molecule has 0 spiro atoms. The Hall–Kier alpha value is -1.59. The highest BCUT2D eigenvalue weighted by atomic mass is 35.5. The molecule has 0 bridgehead atoms. The highest BCUT2D eigenvalue weighted by Gasteiger charge is 2.29. The summed E-state index contributed by atoms with van der Waals surface area (Å²) in [6.45, 7) is 2.75. The zero-order chi connectivity index (χ0) is 17.8. The first kappa shape index (κ1) is 18.2. The Balaban J connectivity index is 1.75. The lowest BCUT2D eigenvalue weighted by Gasteiger charge is -2.31. The number of aliphatic hydroxyl groups excluding tert-OH is 2. The molecule has 0 amide bonds. The van der Waals surface area contributed by atoms with Crippen molar-refractivity contribution in [1.29, 1.82) is 0 Å². The maximum atomic E-state index is 9.87. The monoisotopic (exact) mass is 362 g/mol. The van der Waals surface area contributed by atoms with Crippen molar-refractivity contribution in [2.75, 3.05) is 13.2 Å². The fourth-order valence-corrected chi connectivity index (χ4v) is 3.21. The van der Waals surface area contributed by atoms with Crippen molar-refractivity contribution >= 4 is 11.6 Å². The Morgan fingerprint density at radius 1 is 1.12 bits per heavy atom. The van der Waals surface area contributed by atoms with Crippen LogP contribution >= 0.6 is 11.6 Å². The van der Waals surface area contributed by atoms with E-state index in [1.165, 1.54) is 0 Å². The zero-order valence-corrected chi connectivity index (χ0v) is 14.9. The van der Waals surface area contributed by atoms with E-state index >= 15 is 0 Å². The molecule has 0 unspecified atom stereocenters. The Morgan fingerprint density at radius 2 is 1.88 bits per heavy atom. The van der Waals surface area contributed by atoms with Crippen LogP contribution in [0.25, 0.3) is 0 Å². The van der Waals surface area contributed by atoms with Crippen LogP contribution in [-0.2, 0) is 11.2 Å². The molecule has 0 saturated carbocycles. The van der Waals surface area contributed by atoms with Crippen molar-refractivity contribution in [1.82, 2.24) is 0 Å². The van der Waals surface area contributed by atoms with Gasteiger partial charge in [0, 0.05) is 11.4 Å². The summed E-state index contributed by atoms with van der Waals surface area (Å²) in [6.07, 6.45) is -0.715. The van der Waals surface area contributed by atoms with Crippen LogP contribution in [0, 0.1) is 0 Å². The predicted molar refractivity (Wildman–Crippen MR) is 97.2 cm³/mol. The van der Waals surface area contributed by atoms with E-state index in [4.69, 9.17) is 21.1 Å². The first-order valence-electron chi connectivity index (χ1n) is 8.54. The van der Waals surface area contributed by atoms with Crippen LogP contribution in [0.15, 0.2) is 42.5 Å². The summed E-state index contributed by atoms with van der Waals surface area (Å²) in [5, 5.41) is 20.2. The maximum absolute atomic E-state index is 9.87. The predicted octanol–water partition coefficient (Wildman–Crippen LogP) is 3.51.